The number of piperidine rings is 1. The van der Waals surface area contributed by atoms with Gasteiger partial charge < -0.3 is 4.90 Å². The summed E-state index contributed by atoms with van der Waals surface area (Å²) in [5.74, 6) is 0.205. The molecule has 1 fully saturated rings. The largest absolute Gasteiger partial charge is 0.433 e. The van der Waals surface area contributed by atoms with Crippen LogP contribution < -0.4 is 11.1 Å². The van der Waals surface area contributed by atoms with Crippen LogP contribution in [0.1, 0.15) is 24.2 Å². The Kier molecular flexibility index (Phi) is 5.97. The molecule has 0 N–H and O–H groups in total. The molecule has 1 saturated heterocycles. The summed E-state index contributed by atoms with van der Waals surface area (Å²) in [5, 5.41) is 0. The van der Waals surface area contributed by atoms with Crippen LogP contribution in [-0.4, -0.2) is 43.6 Å². The lowest BCUT2D eigenvalue weighted by Crippen LogP contribution is -2.39. The molecular formula is C18H22F3N5O2. The molecule has 7 nitrogen and oxygen atoms in total. The maximum absolute atomic E-state index is 12.6. The quantitative estimate of drug-likeness (QED) is 0.765. The van der Waals surface area contributed by atoms with Crippen molar-refractivity contribution in [3.05, 3.63) is 56.9 Å². The molecule has 3 heterocycles. The van der Waals surface area contributed by atoms with E-state index in [0.29, 0.717) is 24.8 Å². The molecule has 2 aromatic rings. The van der Waals surface area contributed by atoms with E-state index in [-0.39, 0.29) is 11.5 Å². The number of hydrogen-bond donors (Lipinski definition) is 0. The van der Waals surface area contributed by atoms with E-state index < -0.39 is 17.4 Å². The molecule has 0 bridgehead atoms. The number of hydrogen-bond acceptors (Lipinski definition) is 5. The van der Waals surface area contributed by atoms with Crippen LogP contribution in [0.5, 0.6) is 0 Å². The van der Waals surface area contributed by atoms with Gasteiger partial charge in [0.2, 0.25) is 0 Å². The Balaban J connectivity index is 1.50. The van der Waals surface area contributed by atoms with Gasteiger partial charge in [0.1, 0.15) is 0 Å². The fourth-order valence-electron chi connectivity index (χ4n) is 3.32. The van der Waals surface area contributed by atoms with Crippen molar-refractivity contribution in [1.29, 1.82) is 0 Å². The van der Waals surface area contributed by atoms with Crippen LogP contribution in [0.25, 0.3) is 0 Å². The van der Waals surface area contributed by atoms with E-state index in [9.17, 15) is 22.8 Å². The topological polar surface area (TPSA) is 73.0 Å². The number of nitrogens with zero attached hydrogens (tertiary/aromatic N) is 5. The molecule has 0 unspecified atom stereocenters. The second kappa shape index (κ2) is 8.26. The predicted octanol–water partition coefficient (Wildman–Crippen LogP) is 1.54. The van der Waals surface area contributed by atoms with Gasteiger partial charge in [-0.15, -0.1) is 0 Å². The summed E-state index contributed by atoms with van der Waals surface area (Å²) in [6.45, 7) is 5.02. The molecule has 0 spiro atoms. The van der Waals surface area contributed by atoms with Gasteiger partial charge in [0.25, 0.3) is 11.1 Å². The average molecular weight is 397 g/mol. The lowest BCUT2D eigenvalue weighted by molar-refractivity contribution is -0.141. The van der Waals surface area contributed by atoms with Crippen LogP contribution in [-0.2, 0) is 19.3 Å². The van der Waals surface area contributed by atoms with Crippen LogP contribution >= 0.6 is 0 Å². The summed E-state index contributed by atoms with van der Waals surface area (Å²) in [6.07, 6.45) is -0.426. The van der Waals surface area contributed by atoms with Crippen molar-refractivity contribution >= 4 is 0 Å². The molecule has 28 heavy (non-hydrogen) atoms. The molecule has 0 saturated carbocycles. The van der Waals surface area contributed by atoms with Gasteiger partial charge in [0.15, 0.2) is 5.69 Å². The summed E-state index contributed by atoms with van der Waals surface area (Å²) in [6, 6.07) is 2.05. The maximum Gasteiger partial charge on any atom is 0.433 e. The molecule has 0 radical (unpaired) electrons. The van der Waals surface area contributed by atoms with Crippen LogP contribution in [0.4, 0.5) is 13.2 Å². The number of rotatable bonds is 5. The molecule has 10 heteroatoms. The van der Waals surface area contributed by atoms with E-state index in [4.69, 9.17) is 0 Å². The number of halogens is 3. The smallest absolute Gasteiger partial charge is 0.302 e. The Morgan fingerprint density at radius 2 is 1.64 bits per heavy atom. The minimum absolute atomic E-state index is 0.0726. The third kappa shape index (κ3) is 5.06. The highest BCUT2D eigenvalue weighted by Gasteiger charge is 2.33. The van der Waals surface area contributed by atoms with E-state index in [0.717, 1.165) is 38.8 Å². The van der Waals surface area contributed by atoms with Crippen molar-refractivity contribution in [1.82, 2.24) is 24.0 Å². The molecule has 0 aromatic carbocycles. The van der Waals surface area contributed by atoms with E-state index in [1.807, 2.05) is 0 Å². The van der Waals surface area contributed by atoms with Gasteiger partial charge in [-0.3, -0.25) is 18.7 Å². The third-order valence-corrected chi connectivity index (χ3v) is 5.01. The van der Waals surface area contributed by atoms with Gasteiger partial charge >= 0.3 is 6.18 Å². The first-order valence-electron chi connectivity index (χ1n) is 9.11. The first-order valence-corrected chi connectivity index (χ1v) is 9.11. The SMILES string of the molecule is Cc1cc(=O)n(CCN2CCC(Cn3cnc(C(F)(F)F)cc3=O)CC2)cn1. The zero-order valence-corrected chi connectivity index (χ0v) is 15.5. The van der Waals surface area contributed by atoms with Crippen LogP contribution in [0, 0.1) is 12.8 Å². The lowest BCUT2D eigenvalue weighted by atomic mass is 9.96. The van der Waals surface area contributed by atoms with Gasteiger partial charge in [-0.2, -0.15) is 13.2 Å². The third-order valence-electron chi connectivity index (χ3n) is 5.01. The number of likely N-dealkylation sites (tertiary alicyclic amines) is 1. The molecule has 3 rings (SSSR count). The summed E-state index contributed by atoms with van der Waals surface area (Å²) >= 11 is 0. The lowest BCUT2D eigenvalue weighted by Gasteiger charge is -2.32. The first-order chi connectivity index (χ1) is 13.2. The number of aryl methyl sites for hydroxylation is 1. The highest BCUT2D eigenvalue weighted by molar-refractivity contribution is 5.03. The van der Waals surface area contributed by atoms with Crippen molar-refractivity contribution in [2.75, 3.05) is 19.6 Å². The normalized spacial score (nSPS) is 16.4. The highest BCUT2D eigenvalue weighted by atomic mass is 19.4. The van der Waals surface area contributed by atoms with Gasteiger partial charge in [0, 0.05) is 37.5 Å². The molecule has 0 amide bonds. The minimum Gasteiger partial charge on any atom is -0.302 e. The van der Waals surface area contributed by atoms with Crippen molar-refractivity contribution in [2.45, 2.75) is 39.0 Å². The molecule has 0 aliphatic carbocycles. The standard InChI is InChI=1S/C18H22F3N5O2/c1-13-8-16(27)25(11-22-13)7-6-24-4-2-14(3-5-24)10-26-12-23-15(9-17(26)28)18(19,20)21/h8-9,11-12,14H,2-7,10H2,1H3. The van der Waals surface area contributed by atoms with Crippen molar-refractivity contribution in [3.63, 3.8) is 0 Å². The zero-order valence-electron chi connectivity index (χ0n) is 15.5. The second-order valence-corrected chi connectivity index (χ2v) is 7.11. The zero-order chi connectivity index (χ0) is 20.3. The molecule has 2 aromatic heterocycles. The van der Waals surface area contributed by atoms with E-state index >= 15 is 0 Å². The van der Waals surface area contributed by atoms with Gasteiger partial charge in [-0.25, -0.2) is 9.97 Å². The molecule has 0 atom stereocenters. The average Bonchev–Trinajstić information content (AvgIpc) is 2.63. The second-order valence-electron chi connectivity index (χ2n) is 7.11. The fraction of sp³-hybridized carbons (Fsp3) is 0.556. The van der Waals surface area contributed by atoms with Gasteiger partial charge in [-0.05, 0) is 38.8 Å². The fourth-order valence-corrected chi connectivity index (χ4v) is 3.32. The minimum atomic E-state index is -4.61. The Labute approximate surface area is 159 Å². The van der Waals surface area contributed by atoms with Crippen LogP contribution in [0.3, 0.4) is 0 Å². The van der Waals surface area contributed by atoms with E-state index in [1.54, 1.807) is 17.8 Å². The monoisotopic (exact) mass is 397 g/mol. The Bertz CT molecular complexity index is 930. The van der Waals surface area contributed by atoms with Crippen LogP contribution in [0.2, 0.25) is 0 Å². The Morgan fingerprint density at radius 3 is 2.25 bits per heavy atom. The molecular weight excluding hydrogens is 375 g/mol. The van der Waals surface area contributed by atoms with E-state index in [2.05, 4.69) is 14.9 Å². The summed E-state index contributed by atoms with van der Waals surface area (Å²) in [5.41, 5.74) is -1.23. The number of alkyl halides is 3. The first kappa shape index (κ1) is 20.2. The van der Waals surface area contributed by atoms with Crippen LogP contribution in [0.15, 0.2) is 34.4 Å². The number of aromatic nitrogens is 4. The highest BCUT2D eigenvalue weighted by Crippen LogP contribution is 2.26. The summed E-state index contributed by atoms with van der Waals surface area (Å²) in [4.78, 5) is 33.5. The summed E-state index contributed by atoms with van der Waals surface area (Å²) in [7, 11) is 0. The van der Waals surface area contributed by atoms with Gasteiger partial charge in [-0.1, -0.05) is 0 Å². The van der Waals surface area contributed by atoms with E-state index in [1.165, 1.54) is 10.6 Å². The van der Waals surface area contributed by atoms with Crippen molar-refractivity contribution in [3.8, 4) is 0 Å². The van der Waals surface area contributed by atoms with Crippen molar-refractivity contribution < 1.29 is 13.2 Å². The van der Waals surface area contributed by atoms with Crippen molar-refractivity contribution in [2.24, 2.45) is 5.92 Å². The predicted molar refractivity (Wildman–Crippen MR) is 95.9 cm³/mol. The Morgan fingerprint density at radius 1 is 1.00 bits per heavy atom. The Hall–Kier alpha value is -2.49. The van der Waals surface area contributed by atoms with Gasteiger partial charge in [0.05, 0.1) is 12.7 Å². The molecule has 1 aliphatic rings. The molecule has 1 aliphatic heterocycles. The summed E-state index contributed by atoms with van der Waals surface area (Å²) < 4.78 is 40.6. The molecule has 152 valence electrons. The maximum atomic E-state index is 12.6.